The Balaban J connectivity index is 1.30. The number of ether oxygens (including phenoxy) is 1. The zero-order valence-electron chi connectivity index (χ0n) is 23.7. The quantitative estimate of drug-likeness (QED) is 0.347. The molecule has 1 aliphatic heterocycles. The van der Waals surface area contributed by atoms with Gasteiger partial charge in [-0.05, 0) is 0 Å². The second-order valence-electron chi connectivity index (χ2n) is 13.8. The Hall–Kier alpha value is -1.43. The van der Waals surface area contributed by atoms with Gasteiger partial charge in [0.1, 0.15) is 0 Å². The van der Waals surface area contributed by atoms with Gasteiger partial charge in [-0.1, -0.05) is 0 Å². The molecule has 4 fully saturated rings. The van der Waals surface area contributed by atoms with E-state index in [0.717, 1.165) is 25.7 Å². The third-order valence-electron chi connectivity index (χ3n) is 11.6. The van der Waals surface area contributed by atoms with E-state index in [9.17, 15) is 20.1 Å². The number of fused-ring (bicyclic) bond motifs is 5. The van der Waals surface area contributed by atoms with Crippen LogP contribution in [0.15, 0.2) is 53.6 Å². The average Bonchev–Trinajstić information content (AvgIpc) is 3.38. The van der Waals surface area contributed by atoms with Crippen LogP contribution in [0.5, 0.6) is 0 Å². The number of allylic oxidation sites excluding steroid dienone is 3. The van der Waals surface area contributed by atoms with Gasteiger partial charge in [0.05, 0.1) is 0 Å². The van der Waals surface area contributed by atoms with Crippen molar-refractivity contribution in [3.05, 3.63) is 53.6 Å². The molecule has 1 aromatic rings. The normalized spacial score (nSPS) is 44.8. The first-order valence-corrected chi connectivity index (χ1v) is 16.7. The zero-order valence-corrected chi connectivity index (χ0v) is 25.4. The van der Waals surface area contributed by atoms with Gasteiger partial charge in [0.2, 0.25) is 0 Å². The fourth-order valence-corrected chi connectivity index (χ4v) is 12.1. The molecule has 6 rings (SSSR count). The van der Waals surface area contributed by atoms with Crippen molar-refractivity contribution in [2.45, 2.75) is 101 Å². The summed E-state index contributed by atoms with van der Waals surface area (Å²) in [6.45, 7) is 8.71. The summed E-state index contributed by atoms with van der Waals surface area (Å²) >= 11 is 0.111. The van der Waals surface area contributed by atoms with Gasteiger partial charge >= 0.3 is 240 Å². The molecule has 0 aromatic heterocycles. The SMILES string of the molecule is C[C@H](C([Se]c1ccccc1)C1C[C@@](C)(O)C(=O)O1)[C@H]1CC[C@H]2C3=CC=C4C[C@@H](O)C[C@H](O)[C@]4(C)[C@H]3CC[C@]12C. The van der Waals surface area contributed by atoms with Gasteiger partial charge in [-0.25, -0.2) is 0 Å². The van der Waals surface area contributed by atoms with Crippen LogP contribution in [0.1, 0.15) is 72.6 Å². The third kappa shape index (κ3) is 4.41. The Morgan fingerprint density at radius 3 is 2.46 bits per heavy atom. The number of carbonyl (C=O) groups is 1. The molecule has 0 spiro atoms. The third-order valence-corrected chi connectivity index (χ3v) is 14.8. The predicted molar refractivity (Wildman–Crippen MR) is 152 cm³/mol. The van der Waals surface area contributed by atoms with Crippen LogP contribution in [0.3, 0.4) is 0 Å². The second kappa shape index (κ2) is 9.84. The first kappa shape index (κ1) is 27.7. The number of benzene rings is 1. The van der Waals surface area contributed by atoms with Gasteiger partial charge < -0.3 is 0 Å². The van der Waals surface area contributed by atoms with Gasteiger partial charge in [0, 0.05) is 0 Å². The Kier molecular flexibility index (Phi) is 7.00. The number of hydrogen-bond donors (Lipinski definition) is 3. The number of rotatable bonds is 5. The molecule has 6 heteroatoms. The molecule has 1 heterocycles. The first-order valence-electron chi connectivity index (χ1n) is 14.9. The number of hydrogen-bond acceptors (Lipinski definition) is 5. The number of carbonyl (C=O) groups excluding carboxylic acids is 1. The van der Waals surface area contributed by atoms with E-state index in [2.05, 4.69) is 57.2 Å². The number of aliphatic hydroxyl groups is 3. The molecule has 3 saturated carbocycles. The van der Waals surface area contributed by atoms with Gasteiger partial charge in [-0.15, -0.1) is 0 Å². The van der Waals surface area contributed by atoms with E-state index < -0.39 is 23.8 Å². The van der Waals surface area contributed by atoms with Crippen molar-refractivity contribution >= 4 is 25.4 Å². The molecule has 4 aliphatic carbocycles. The molecule has 0 radical (unpaired) electrons. The number of esters is 1. The van der Waals surface area contributed by atoms with Crippen molar-refractivity contribution in [2.75, 3.05) is 0 Å². The fraction of sp³-hybridized carbons (Fsp3) is 0.667. The van der Waals surface area contributed by atoms with E-state index in [1.807, 2.05) is 6.07 Å². The molecule has 0 bridgehead atoms. The molecule has 2 unspecified atom stereocenters. The van der Waals surface area contributed by atoms with Crippen molar-refractivity contribution in [3.63, 3.8) is 0 Å². The molecule has 1 aromatic carbocycles. The summed E-state index contributed by atoms with van der Waals surface area (Å²) in [4.78, 5) is 12.7. The van der Waals surface area contributed by atoms with Crippen molar-refractivity contribution in [1.29, 1.82) is 0 Å². The molecule has 1 saturated heterocycles. The van der Waals surface area contributed by atoms with Crippen LogP contribution in [0.25, 0.3) is 0 Å². The minimum atomic E-state index is -1.41. The summed E-state index contributed by atoms with van der Waals surface area (Å²) in [5.74, 6) is 1.19. The topological polar surface area (TPSA) is 87.0 Å². The Morgan fingerprint density at radius 2 is 1.77 bits per heavy atom. The van der Waals surface area contributed by atoms with Crippen LogP contribution in [-0.4, -0.2) is 60.2 Å². The molecule has 0 amide bonds. The van der Waals surface area contributed by atoms with E-state index in [1.54, 1.807) is 6.92 Å². The minimum absolute atomic E-state index is 0.111. The number of aliphatic hydroxyl groups excluding tert-OH is 2. The first-order chi connectivity index (χ1) is 18.4. The van der Waals surface area contributed by atoms with Crippen LogP contribution in [0.4, 0.5) is 0 Å². The van der Waals surface area contributed by atoms with Gasteiger partial charge in [-0.3, -0.25) is 0 Å². The molecule has 39 heavy (non-hydrogen) atoms. The van der Waals surface area contributed by atoms with E-state index in [4.69, 9.17) is 4.74 Å². The maximum absolute atomic E-state index is 12.5. The summed E-state index contributed by atoms with van der Waals surface area (Å²) in [5.41, 5.74) is 1.20. The molecule has 212 valence electrons. The van der Waals surface area contributed by atoms with Crippen molar-refractivity contribution in [2.24, 2.45) is 34.5 Å². The monoisotopic (exact) mass is 600 g/mol. The van der Waals surface area contributed by atoms with Gasteiger partial charge in [0.25, 0.3) is 0 Å². The fourth-order valence-electron chi connectivity index (χ4n) is 9.32. The standard InChI is InChI=1S/C33H44O5Se/c1-19(29(39-22-8-6-5-7-9-22)27-18-32(3,37)30(36)38-27)24-12-13-25-23-11-10-20-16-21(34)17-28(35)33(20,4)26(23)14-15-31(24,25)2/h5-11,19,21,24-29,34-35,37H,12-18H2,1-4H3/t19-,21+,24+,25-,26-,27?,28-,29?,31+,32+,33-/m0/s1. The Bertz CT molecular complexity index is 1180. The second-order valence-corrected chi connectivity index (χ2v) is 16.4. The summed E-state index contributed by atoms with van der Waals surface area (Å²) in [6.07, 6.45) is 9.34. The van der Waals surface area contributed by atoms with Crippen molar-refractivity contribution in [1.82, 2.24) is 0 Å². The van der Waals surface area contributed by atoms with Crippen LogP contribution in [0, 0.1) is 34.5 Å². The van der Waals surface area contributed by atoms with E-state index in [0.29, 0.717) is 42.9 Å². The summed E-state index contributed by atoms with van der Waals surface area (Å²) in [5, 5.41) is 32.3. The van der Waals surface area contributed by atoms with E-state index in [1.165, 1.54) is 15.6 Å². The maximum atomic E-state index is 12.5. The van der Waals surface area contributed by atoms with Gasteiger partial charge in [0.15, 0.2) is 0 Å². The molecular formula is C33H44O5Se. The Morgan fingerprint density at radius 1 is 1.03 bits per heavy atom. The van der Waals surface area contributed by atoms with Crippen molar-refractivity contribution < 1.29 is 24.9 Å². The zero-order chi connectivity index (χ0) is 27.7. The van der Waals surface area contributed by atoms with Crippen LogP contribution >= 0.6 is 0 Å². The van der Waals surface area contributed by atoms with Crippen molar-refractivity contribution in [3.8, 4) is 0 Å². The van der Waals surface area contributed by atoms with Gasteiger partial charge in [-0.2, -0.15) is 0 Å². The average molecular weight is 600 g/mol. The van der Waals surface area contributed by atoms with Crippen LogP contribution in [0.2, 0.25) is 4.82 Å². The van der Waals surface area contributed by atoms with E-state index in [-0.39, 0.29) is 36.7 Å². The van der Waals surface area contributed by atoms with Crippen LogP contribution in [-0.2, 0) is 9.53 Å². The molecule has 5 nitrogen and oxygen atoms in total. The number of cyclic esters (lactones) is 1. The summed E-state index contributed by atoms with van der Waals surface area (Å²) < 4.78 is 7.21. The summed E-state index contributed by atoms with van der Waals surface area (Å²) in [6, 6.07) is 10.6. The molecule has 5 aliphatic rings. The van der Waals surface area contributed by atoms with Crippen LogP contribution < -0.4 is 4.46 Å². The Labute approximate surface area is 239 Å². The molecule has 11 atom stereocenters. The molecule has 3 N–H and O–H groups in total. The van der Waals surface area contributed by atoms with E-state index >= 15 is 0 Å². The summed E-state index contributed by atoms with van der Waals surface area (Å²) in [7, 11) is 0. The predicted octanol–water partition coefficient (Wildman–Crippen LogP) is 4.34. The molecular weight excluding hydrogens is 555 g/mol.